The van der Waals surface area contributed by atoms with Gasteiger partial charge in [-0.25, -0.2) is 4.79 Å². The van der Waals surface area contributed by atoms with Gasteiger partial charge in [-0.15, -0.1) is 0 Å². The molecule has 4 heteroatoms. The molecule has 2 N–H and O–H groups in total. The molecule has 0 aromatic rings. The summed E-state index contributed by atoms with van der Waals surface area (Å²) in [6, 6.07) is -0.520. The fraction of sp³-hybridized carbons (Fsp3) is 0.833. The Balaban J connectivity index is 2.47. The smallest absolute Gasteiger partial charge is 0.326 e. The van der Waals surface area contributed by atoms with E-state index in [1.165, 1.54) is 12.8 Å². The first-order valence-electron chi connectivity index (χ1n) is 6.04. The molecule has 92 valence electrons. The van der Waals surface area contributed by atoms with Crippen LogP contribution in [0, 0.1) is 11.8 Å². The van der Waals surface area contributed by atoms with E-state index in [1.807, 2.05) is 13.8 Å². The second-order valence-corrected chi connectivity index (χ2v) is 5.45. The molecule has 0 aliphatic heterocycles. The summed E-state index contributed by atoms with van der Waals surface area (Å²) in [4.78, 5) is 11.8. The maximum Gasteiger partial charge on any atom is 0.326 e. The second kappa shape index (κ2) is 6.18. The minimum Gasteiger partial charge on any atom is -0.480 e. The van der Waals surface area contributed by atoms with Crippen molar-refractivity contribution in [2.45, 2.75) is 52.0 Å². The highest BCUT2D eigenvalue weighted by atomic mass is 32.1. The summed E-state index contributed by atoms with van der Waals surface area (Å²) >= 11 is 5.29. The average molecular weight is 243 g/mol. The van der Waals surface area contributed by atoms with Gasteiger partial charge in [0.2, 0.25) is 0 Å². The van der Waals surface area contributed by atoms with Gasteiger partial charge in [-0.3, -0.25) is 0 Å². The predicted molar refractivity (Wildman–Crippen MR) is 68.6 cm³/mol. The molecule has 1 saturated carbocycles. The zero-order valence-electron chi connectivity index (χ0n) is 10.0. The van der Waals surface area contributed by atoms with E-state index < -0.39 is 12.0 Å². The molecule has 1 atom stereocenters. The quantitative estimate of drug-likeness (QED) is 0.729. The lowest BCUT2D eigenvalue weighted by atomic mass is 10.0. The van der Waals surface area contributed by atoms with E-state index in [2.05, 4.69) is 5.32 Å². The SMILES string of the molecule is CC(C)C[C@H](NC(=S)C1CCCC1)C(=O)O. The zero-order chi connectivity index (χ0) is 12.1. The van der Waals surface area contributed by atoms with Crippen molar-refractivity contribution in [3.05, 3.63) is 0 Å². The van der Waals surface area contributed by atoms with Gasteiger partial charge in [0.15, 0.2) is 0 Å². The van der Waals surface area contributed by atoms with Crippen LogP contribution in [0.1, 0.15) is 46.0 Å². The van der Waals surface area contributed by atoms with Crippen molar-refractivity contribution in [3.63, 3.8) is 0 Å². The number of thiocarbonyl (C=S) groups is 1. The third-order valence-electron chi connectivity index (χ3n) is 3.05. The van der Waals surface area contributed by atoms with E-state index in [0.29, 0.717) is 18.3 Å². The van der Waals surface area contributed by atoms with Crippen molar-refractivity contribution in [2.24, 2.45) is 11.8 Å². The predicted octanol–water partition coefficient (Wildman–Crippen LogP) is 2.59. The van der Waals surface area contributed by atoms with Gasteiger partial charge in [0.1, 0.15) is 6.04 Å². The lowest BCUT2D eigenvalue weighted by Crippen LogP contribution is -2.43. The van der Waals surface area contributed by atoms with Crippen molar-refractivity contribution >= 4 is 23.2 Å². The lowest BCUT2D eigenvalue weighted by Gasteiger charge is -2.21. The molecule has 0 spiro atoms. The molecule has 3 nitrogen and oxygen atoms in total. The van der Waals surface area contributed by atoms with Crippen molar-refractivity contribution in [2.75, 3.05) is 0 Å². The van der Waals surface area contributed by atoms with Crippen molar-refractivity contribution in [3.8, 4) is 0 Å². The third-order valence-corrected chi connectivity index (χ3v) is 3.50. The largest absolute Gasteiger partial charge is 0.480 e. The number of carbonyl (C=O) groups is 1. The molecule has 0 aromatic carbocycles. The van der Waals surface area contributed by atoms with Gasteiger partial charge in [-0.05, 0) is 25.2 Å². The normalized spacial score (nSPS) is 18.7. The molecular weight excluding hydrogens is 222 g/mol. The van der Waals surface area contributed by atoms with Crippen molar-refractivity contribution in [1.29, 1.82) is 0 Å². The van der Waals surface area contributed by atoms with Crippen LogP contribution in [-0.4, -0.2) is 22.1 Å². The summed E-state index contributed by atoms with van der Waals surface area (Å²) in [5.41, 5.74) is 0. The van der Waals surface area contributed by atoms with Crippen LogP contribution in [0.4, 0.5) is 0 Å². The number of carboxylic acids is 1. The fourth-order valence-corrected chi connectivity index (χ4v) is 2.55. The molecular formula is C12H21NO2S. The summed E-state index contributed by atoms with van der Waals surface area (Å²) in [6.45, 7) is 4.05. The van der Waals surface area contributed by atoms with Crippen LogP contribution in [0.5, 0.6) is 0 Å². The number of aliphatic carboxylic acids is 1. The molecule has 0 bridgehead atoms. The number of hydrogen-bond acceptors (Lipinski definition) is 2. The monoisotopic (exact) mass is 243 g/mol. The molecule has 0 saturated heterocycles. The Kier molecular flexibility index (Phi) is 5.19. The van der Waals surface area contributed by atoms with Gasteiger partial charge in [0.25, 0.3) is 0 Å². The van der Waals surface area contributed by atoms with E-state index in [0.717, 1.165) is 17.8 Å². The lowest BCUT2D eigenvalue weighted by molar-refractivity contribution is -0.139. The Bertz CT molecular complexity index is 260. The van der Waals surface area contributed by atoms with Gasteiger partial charge in [0.05, 0.1) is 4.99 Å². The van der Waals surface area contributed by atoms with Crippen molar-refractivity contribution < 1.29 is 9.90 Å². The molecule has 0 radical (unpaired) electrons. The molecule has 0 unspecified atom stereocenters. The Labute approximate surface area is 103 Å². The fourth-order valence-electron chi connectivity index (χ4n) is 2.17. The van der Waals surface area contributed by atoms with Gasteiger partial charge < -0.3 is 10.4 Å². The number of rotatable bonds is 5. The third kappa shape index (κ3) is 4.08. The Morgan fingerprint density at radius 2 is 2.00 bits per heavy atom. The molecule has 0 amide bonds. The number of hydrogen-bond donors (Lipinski definition) is 2. The van der Waals surface area contributed by atoms with Gasteiger partial charge >= 0.3 is 5.97 Å². The highest BCUT2D eigenvalue weighted by molar-refractivity contribution is 7.80. The molecule has 1 rings (SSSR count). The van der Waals surface area contributed by atoms with E-state index in [4.69, 9.17) is 17.3 Å². The summed E-state index contributed by atoms with van der Waals surface area (Å²) in [7, 11) is 0. The van der Waals surface area contributed by atoms with Crippen LogP contribution in [0.2, 0.25) is 0 Å². The van der Waals surface area contributed by atoms with Crippen LogP contribution in [0.15, 0.2) is 0 Å². The average Bonchev–Trinajstić information content (AvgIpc) is 2.68. The standard InChI is InChI=1S/C12H21NO2S/c1-8(2)7-10(12(14)15)13-11(16)9-5-3-4-6-9/h8-10H,3-7H2,1-2H3,(H,13,16)(H,14,15)/t10-/m0/s1. The van der Waals surface area contributed by atoms with Gasteiger partial charge in [-0.1, -0.05) is 38.9 Å². The second-order valence-electron chi connectivity index (χ2n) is 5.01. The van der Waals surface area contributed by atoms with Gasteiger partial charge in [-0.2, -0.15) is 0 Å². The van der Waals surface area contributed by atoms with Crippen LogP contribution in [0.3, 0.4) is 0 Å². The highest BCUT2D eigenvalue weighted by Crippen LogP contribution is 2.25. The Morgan fingerprint density at radius 1 is 1.44 bits per heavy atom. The van der Waals surface area contributed by atoms with E-state index in [-0.39, 0.29) is 0 Å². The maximum atomic E-state index is 11.1. The molecule has 0 aromatic heterocycles. The topological polar surface area (TPSA) is 49.3 Å². The van der Waals surface area contributed by atoms with Crippen LogP contribution in [-0.2, 0) is 4.79 Å². The first-order chi connectivity index (χ1) is 7.50. The number of carboxylic acid groups (broad SMARTS) is 1. The molecule has 0 heterocycles. The molecule has 1 aliphatic carbocycles. The minimum absolute atomic E-state index is 0.361. The highest BCUT2D eigenvalue weighted by Gasteiger charge is 2.25. The molecule has 1 aliphatic rings. The summed E-state index contributed by atoms with van der Waals surface area (Å²) < 4.78 is 0. The van der Waals surface area contributed by atoms with Gasteiger partial charge in [0, 0.05) is 5.92 Å². The number of nitrogens with one attached hydrogen (secondary N) is 1. The zero-order valence-corrected chi connectivity index (χ0v) is 10.8. The Hall–Kier alpha value is -0.640. The van der Waals surface area contributed by atoms with E-state index in [1.54, 1.807) is 0 Å². The minimum atomic E-state index is -0.797. The van der Waals surface area contributed by atoms with Crippen LogP contribution >= 0.6 is 12.2 Å². The summed E-state index contributed by atoms with van der Waals surface area (Å²) in [6.07, 6.45) is 5.28. The van der Waals surface area contributed by atoms with Crippen LogP contribution < -0.4 is 5.32 Å². The van der Waals surface area contributed by atoms with E-state index in [9.17, 15) is 4.79 Å². The first-order valence-corrected chi connectivity index (χ1v) is 6.44. The van der Waals surface area contributed by atoms with Crippen molar-refractivity contribution in [1.82, 2.24) is 5.32 Å². The molecule has 16 heavy (non-hydrogen) atoms. The maximum absolute atomic E-state index is 11.1. The van der Waals surface area contributed by atoms with Crippen LogP contribution in [0.25, 0.3) is 0 Å². The molecule has 1 fully saturated rings. The summed E-state index contributed by atoms with van der Waals surface area (Å²) in [5, 5.41) is 12.1. The van der Waals surface area contributed by atoms with E-state index >= 15 is 0 Å². The summed E-state index contributed by atoms with van der Waals surface area (Å²) in [5.74, 6) is -0.0296. The Morgan fingerprint density at radius 3 is 2.44 bits per heavy atom. The first kappa shape index (κ1) is 13.4.